The highest BCUT2D eigenvalue weighted by Gasteiger charge is 2.14. The number of amides is 1. The fourth-order valence-electron chi connectivity index (χ4n) is 2.56. The van der Waals surface area contributed by atoms with Crippen molar-refractivity contribution in [3.63, 3.8) is 0 Å². The second-order valence-electron chi connectivity index (χ2n) is 6.11. The lowest BCUT2D eigenvalue weighted by Crippen LogP contribution is -2.12. The van der Waals surface area contributed by atoms with Gasteiger partial charge in [-0.05, 0) is 42.7 Å². The summed E-state index contributed by atoms with van der Waals surface area (Å²) in [5.41, 5.74) is 2.04. The highest BCUT2D eigenvalue weighted by molar-refractivity contribution is 8.01. The molecule has 4 nitrogen and oxygen atoms in total. The average molecular weight is 430 g/mol. The van der Waals surface area contributed by atoms with Crippen LogP contribution in [0.3, 0.4) is 0 Å². The Bertz CT molecular complexity index is 883. The molecule has 146 valence electrons. The largest absolute Gasteiger partial charge is 0.296 e. The Morgan fingerprint density at radius 2 is 1.79 bits per heavy atom. The molecule has 0 radical (unpaired) electrons. The number of nitrogens with zero attached hydrogens (tertiary/aromatic N) is 2. The zero-order valence-corrected chi connectivity index (χ0v) is 18.2. The van der Waals surface area contributed by atoms with E-state index in [-0.39, 0.29) is 5.91 Å². The molecule has 7 heteroatoms. The number of carbonyl (C=O) groups excluding carboxylic acids is 1. The van der Waals surface area contributed by atoms with Gasteiger partial charge in [-0.15, -0.1) is 22.0 Å². The molecule has 0 bridgehead atoms. The molecule has 0 fully saturated rings. The minimum Gasteiger partial charge on any atom is -0.296 e. The average Bonchev–Trinajstić information content (AvgIpc) is 3.18. The third-order valence-corrected chi connectivity index (χ3v) is 7.24. The van der Waals surface area contributed by atoms with E-state index in [4.69, 9.17) is 0 Å². The molecule has 0 saturated heterocycles. The van der Waals surface area contributed by atoms with Crippen LogP contribution < -0.4 is 5.32 Å². The first-order valence-electron chi connectivity index (χ1n) is 9.29. The molecule has 3 aromatic rings. The number of benzene rings is 2. The van der Waals surface area contributed by atoms with E-state index in [1.807, 2.05) is 30.3 Å². The zero-order chi connectivity index (χ0) is 19.6. The number of carbonyl (C=O) groups is 1. The summed E-state index contributed by atoms with van der Waals surface area (Å²) in [5, 5.41) is 11.7. The number of hydrogen-bond donors (Lipinski definition) is 1. The van der Waals surface area contributed by atoms with Crippen LogP contribution >= 0.6 is 34.9 Å². The van der Waals surface area contributed by atoms with Gasteiger partial charge in [0, 0.05) is 10.6 Å². The first-order chi connectivity index (χ1) is 13.8. The first kappa shape index (κ1) is 20.9. The highest BCUT2D eigenvalue weighted by atomic mass is 32.2. The maximum Gasteiger partial charge on any atom is 0.258 e. The van der Waals surface area contributed by atoms with Crippen molar-refractivity contribution in [3.8, 4) is 0 Å². The molecule has 0 unspecified atom stereocenters. The molecule has 28 heavy (non-hydrogen) atoms. The predicted molar refractivity (Wildman–Crippen MR) is 121 cm³/mol. The van der Waals surface area contributed by atoms with E-state index in [2.05, 4.69) is 46.7 Å². The number of aromatic nitrogens is 2. The van der Waals surface area contributed by atoms with Crippen LogP contribution in [0.5, 0.6) is 0 Å². The van der Waals surface area contributed by atoms with Crippen molar-refractivity contribution in [1.29, 1.82) is 0 Å². The number of thioether (sulfide) groups is 2. The van der Waals surface area contributed by atoms with Gasteiger partial charge in [-0.25, -0.2) is 0 Å². The number of hydrogen-bond acceptors (Lipinski definition) is 6. The molecule has 0 aliphatic carbocycles. The summed E-state index contributed by atoms with van der Waals surface area (Å²) in [4.78, 5) is 13.6. The van der Waals surface area contributed by atoms with E-state index in [9.17, 15) is 4.79 Å². The number of rotatable bonds is 10. The van der Waals surface area contributed by atoms with Gasteiger partial charge in [0.2, 0.25) is 5.13 Å². The highest BCUT2D eigenvalue weighted by Crippen LogP contribution is 2.28. The molecule has 1 heterocycles. The zero-order valence-electron chi connectivity index (χ0n) is 15.8. The standard InChI is InChI=1S/C21H23N3OS3/c1-2-14-26-18-13-7-6-12-17(18)19(25)22-20-23-24-21(28-20)27-15-8-11-16-9-4-3-5-10-16/h3-7,9-10,12-13H,2,8,11,14-15H2,1H3,(H,22,23,25). The SMILES string of the molecule is CCCSc1ccccc1C(=O)Nc1nnc(SCCCc2ccccc2)s1. The summed E-state index contributed by atoms with van der Waals surface area (Å²) in [7, 11) is 0. The fourth-order valence-corrected chi connectivity index (χ4v) is 5.23. The van der Waals surface area contributed by atoms with Gasteiger partial charge in [-0.3, -0.25) is 10.1 Å². The molecule has 1 aromatic heterocycles. The van der Waals surface area contributed by atoms with Crippen LogP contribution in [0.15, 0.2) is 63.8 Å². The first-order valence-corrected chi connectivity index (χ1v) is 12.1. The lowest BCUT2D eigenvalue weighted by Gasteiger charge is -2.07. The van der Waals surface area contributed by atoms with E-state index in [1.54, 1.807) is 23.5 Å². The number of nitrogens with one attached hydrogen (secondary N) is 1. The van der Waals surface area contributed by atoms with Crippen molar-refractivity contribution in [2.45, 2.75) is 35.4 Å². The van der Waals surface area contributed by atoms with Crippen molar-refractivity contribution in [2.24, 2.45) is 0 Å². The summed E-state index contributed by atoms with van der Waals surface area (Å²) in [6.45, 7) is 2.13. The van der Waals surface area contributed by atoms with E-state index in [0.717, 1.165) is 40.0 Å². The van der Waals surface area contributed by atoms with Crippen LogP contribution in [0.4, 0.5) is 5.13 Å². The van der Waals surface area contributed by atoms with E-state index in [0.29, 0.717) is 10.7 Å². The molecule has 2 aromatic carbocycles. The number of aryl methyl sites for hydroxylation is 1. The lowest BCUT2D eigenvalue weighted by atomic mass is 10.1. The maximum atomic E-state index is 12.6. The van der Waals surface area contributed by atoms with Gasteiger partial charge in [-0.1, -0.05) is 72.5 Å². The predicted octanol–water partition coefficient (Wildman–Crippen LogP) is 6.02. The second kappa shape index (κ2) is 11.2. The molecule has 1 N–H and O–H groups in total. The smallest absolute Gasteiger partial charge is 0.258 e. The van der Waals surface area contributed by atoms with Crippen molar-refractivity contribution >= 4 is 45.9 Å². The third-order valence-electron chi connectivity index (χ3n) is 3.90. The van der Waals surface area contributed by atoms with Crippen LogP contribution in [0.2, 0.25) is 0 Å². The van der Waals surface area contributed by atoms with Gasteiger partial charge in [0.05, 0.1) is 5.56 Å². The van der Waals surface area contributed by atoms with Gasteiger partial charge in [0.25, 0.3) is 5.91 Å². The Kier molecular flexibility index (Phi) is 8.39. The molecular weight excluding hydrogens is 406 g/mol. The van der Waals surface area contributed by atoms with Crippen LogP contribution in [0.1, 0.15) is 35.7 Å². The van der Waals surface area contributed by atoms with Gasteiger partial charge in [0.15, 0.2) is 4.34 Å². The molecular formula is C21H23N3OS3. The van der Waals surface area contributed by atoms with Gasteiger partial charge in [-0.2, -0.15) is 0 Å². The minimum absolute atomic E-state index is 0.129. The minimum atomic E-state index is -0.129. The van der Waals surface area contributed by atoms with Gasteiger partial charge in [0.1, 0.15) is 0 Å². The molecule has 0 atom stereocenters. The lowest BCUT2D eigenvalue weighted by molar-refractivity contribution is 0.102. The van der Waals surface area contributed by atoms with E-state index in [1.165, 1.54) is 16.9 Å². The van der Waals surface area contributed by atoms with Crippen molar-refractivity contribution < 1.29 is 4.79 Å². The Labute approximate surface area is 178 Å². The summed E-state index contributed by atoms with van der Waals surface area (Å²) in [6, 6.07) is 18.2. The third kappa shape index (κ3) is 6.36. The monoisotopic (exact) mass is 429 g/mol. The van der Waals surface area contributed by atoms with Crippen LogP contribution in [-0.4, -0.2) is 27.6 Å². The number of anilines is 1. The van der Waals surface area contributed by atoms with Crippen molar-refractivity contribution in [3.05, 3.63) is 65.7 Å². The summed E-state index contributed by atoms with van der Waals surface area (Å²) < 4.78 is 0.886. The van der Waals surface area contributed by atoms with Crippen LogP contribution in [0, 0.1) is 0 Å². The Hall–Kier alpha value is -1.83. The van der Waals surface area contributed by atoms with Crippen LogP contribution in [0.25, 0.3) is 0 Å². The van der Waals surface area contributed by atoms with Crippen molar-refractivity contribution in [2.75, 3.05) is 16.8 Å². The normalized spacial score (nSPS) is 10.8. The Balaban J connectivity index is 1.49. The van der Waals surface area contributed by atoms with Crippen molar-refractivity contribution in [1.82, 2.24) is 10.2 Å². The van der Waals surface area contributed by atoms with E-state index < -0.39 is 0 Å². The van der Waals surface area contributed by atoms with E-state index >= 15 is 0 Å². The molecule has 3 rings (SSSR count). The summed E-state index contributed by atoms with van der Waals surface area (Å²) in [6.07, 6.45) is 3.21. The molecule has 0 saturated carbocycles. The van der Waals surface area contributed by atoms with Gasteiger partial charge >= 0.3 is 0 Å². The fraction of sp³-hybridized carbons (Fsp3) is 0.286. The molecule has 1 amide bonds. The Morgan fingerprint density at radius 1 is 1.00 bits per heavy atom. The van der Waals surface area contributed by atoms with Crippen LogP contribution in [-0.2, 0) is 6.42 Å². The molecule has 0 aliphatic heterocycles. The topological polar surface area (TPSA) is 54.9 Å². The molecule has 0 aliphatic rings. The summed E-state index contributed by atoms with van der Waals surface area (Å²) in [5.74, 6) is 1.84. The Morgan fingerprint density at radius 3 is 2.61 bits per heavy atom. The molecule has 0 spiro atoms. The summed E-state index contributed by atoms with van der Waals surface area (Å²) >= 11 is 4.82. The van der Waals surface area contributed by atoms with Gasteiger partial charge < -0.3 is 0 Å². The second-order valence-corrected chi connectivity index (χ2v) is 9.57. The quantitative estimate of drug-likeness (QED) is 0.243. The maximum absolute atomic E-state index is 12.6.